The van der Waals surface area contributed by atoms with Crippen LogP contribution >= 0.6 is 17.0 Å². The fourth-order valence-corrected chi connectivity index (χ4v) is 0.925. The SMILES string of the molecule is Br.NCCc1cc(F)c(O)cc1F. The second-order valence-electron chi connectivity index (χ2n) is 2.43. The normalized spacial score (nSPS) is 9.46. The molecule has 0 unspecified atom stereocenters. The van der Waals surface area contributed by atoms with Gasteiger partial charge in [-0.05, 0) is 24.6 Å². The van der Waals surface area contributed by atoms with Gasteiger partial charge in [-0.25, -0.2) is 8.78 Å². The summed E-state index contributed by atoms with van der Waals surface area (Å²) in [6, 6.07) is 1.71. The van der Waals surface area contributed by atoms with Crippen LogP contribution in [-0.4, -0.2) is 11.7 Å². The number of hydrogen-bond acceptors (Lipinski definition) is 2. The molecule has 0 aliphatic carbocycles. The average molecular weight is 254 g/mol. The van der Waals surface area contributed by atoms with E-state index in [0.717, 1.165) is 12.1 Å². The molecule has 0 saturated carbocycles. The molecule has 1 aromatic carbocycles. The Bertz CT molecular complexity index is 294. The lowest BCUT2D eigenvalue weighted by atomic mass is 10.1. The maximum absolute atomic E-state index is 12.8. The fourth-order valence-electron chi connectivity index (χ4n) is 0.925. The van der Waals surface area contributed by atoms with Crippen LogP contribution < -0.4 is 5.73 Å². The van der Waals surface area contributed by atoms with Crippen molar-refractivity contribution in [2.75, 3.05) is 6.54 Å². The number of phenolic OH excluding ortho intramolecular Hbond substituents is 1. The zero-order chi connectivity index (χ0) is 9.14. The Morgan fingerprint density at radius 3 is 2.38 bits per heavy atom. The van der Waals surface area contributed by atoms with E-state index in [0.29, 0.717) is 0 Å². The van der Waals surface area contributed by atoms with Crippen LogP contribution in [0.4, 0.5) is 8.78 Å². The fraction of sp³-hybridized carbons (Fsp3) is 0.250. The van der Waals surface area contributed by atoms with Gasteiger partial charge >= 0.3 is 0 Å². The molecule has 1 aromatic rings. The minimum Gasteiger partial charge on any atom is -0.505 e. The highest BCUT2D eigenvalue weighted by atomic mass is 79.9. The van der Waals surface area contributed by atoms with E-state index < -0.39 is 17.4 Å². The van der Waals surface area contributed by atoms with Crippen LogP contribution in [0.2, 0.25) is 0 Å². The van der Waals surface area contributed by atoms with E-state index in [9.17, 15) is 8.78 Å². The van der Waals surface area contributed by atoms with Crippen LogP contribution in [-0.2, 0) is 6.42 Å². The number of hydrogen-bond donors (Lipinski definition) is 2. The summed E-state index contributed by atoms with van der Waals surface area (Å²) in [7, 11) is 0. The van der Waals surface area contributed by atoms with Crippen molar-refractivity contribution in [3.63, 3.8) is 0 Å². The smallest absolute Gasteiger partial charge is 0.165 e. The van der Waals surface area contributed by atoms with Gasteiger partial charge in [-0.2, -0.15) is 0 Å². The van der Waals surface area contributed by atoms with Crippen LogP contribution in [0.25, 0.3) is 0 Å². The molecule has 2 nitrogen and oxygen atoms in total. The highest BCUT2D eigenvalue weighted by molar-refractivity contribution is 8.93. The van der Waals surface area contributed by atoms with E-state index in [-0.39, 0.29) is 35.5 Å². The van der Waals surface area contributed by atoms with Gasteiger partial charge in [0.25, 0.3) is 0 Å². The second kappa shape index (κ2) is 5.14. The lowest BCUT2D eigenvalue weighted by Gasteiger charge is -2.02. The number of rotatable bonds is 2. The zero-order valence-corrected chi connectivity index (χ0v) is 8.47. The summed E-state index contributed by atoms with van der Waals surface area (Å²) in [5.74, 6) is -2.12. The zero-order valence-electron chi connectivity index (χ0n) is 6.76. The molecule has 0 aliphatic heterocycles. The van der Waals surface area contributed by atoms with Gasteiger partial charge in [0.15, 0.2) is 11.6 Å². The molecule has 3 N–H and O–H groups in total. The van der Waals surface area contributed by atoms with Gasteiger partial charge < -0.3 is 10.8 Å². The largest absolute Gasteiger partial charge is 0.505 e. The first-order valence-electron chi connectivity index (χ1n) is 3.52. The monoisotopic (exact) mass is 253 g/mol. The molecule has 74 valence electrons. The molecule has 1 rings (SSSR count). The Balaban J connectivity index is 0.00000144. The first kappa shape index (κ1) is 12.3. The van der Waals surface area contributed by atoms with Crippen molar-refractivity contribution in [1.29, 1.82) is 0 Å². The number of nitrogens with two attached hydrogens (primary N) is 1. The predicted molar refractivity (Wildman–Crippen MR) is 51.1 cm³/mol. The molecule has 0 bridgehead atoms. The molecule has 0 fully saturated rings. The highest BCUT2D eigenvalue weighted by Crippen LogP contribution is 2.19. The molecular formula is C8H10BrF2NO. The summed E-state index contributed by atoms with van der Waals surface area (Å²) >= 11 is 0. The summed E-state index contributed by atoms with van der Waals surface area (Å²) in [6.45, 7) is 0.251. The minimum atomic E-state index is -0.820. The molecule has 0 atom stereocenters. The Kier molecular flexibility index (Phi) is 4.87. The Morgan fingerprint density at radius 1 is 1.23 bits per heavy atom. The summed E-state index contributed by atoms with van der Waals surface area (Å²) < 4.78 is 25.5. The van der Waals surface area contributed by atoms with Crippen molar-refractivity contribution < 1.29 is 13.9 Å². The van der Waals surface area contributed by atoms with Gasteiger partial charge in [0.1, 0.15) is 5.82 Å². The molecule has 0 heterocycles. The van der Waals surface area contributed by atoms with E-state index in [1.54, 1.807) is 0 Å². The van der Waals surface area contributed by atoms with E-state index in [4.69, 9.17) is 10.8 Å². The molecule has 0 amide bonds. The standard InChI is InChI=1S/C8H9F2NO.BrH/c9-6-4-8(12)7(10)3-5(6)1-2-11;/h3-4,12H,1-2,11H2;1H. The molecule has 0 saturated heterocycles. The van der Waals surface area contributed by atoms with Gasteiger partial charge in [-0.1, -0.05) is 0 Å². The average Bonchev–Trinajstić information content (AvgIpc) is 2.01. The maximum atomic E-state index is 12.8. The Morgan fingerprint density at radius 2 is 1.85 bits per heavy atom. The topological polar surface area (TPSA) is 46.2 Å². The van der Waals surface area contributed by atoms with Crippen LogP contribution in [0.5, 0.6) is 5.75 Å². The van der Waals surface area contributed by atoms with Gasteiger partial charge in [0, 0.05) is 6.07 Å². The summed E-state index contributed by atoms with van der Waals surface area (Å²) in [5, 5.41) is 8.75. The Labute approximate surface area is 85.1 Å². The third kappa shape index (κ3) is 2.93. The molecular weight excluding hydrogens is 244 g/mol. The lowest BCUT2D eigenvalue weighted by Crippen LogP contribution is -2.04. The Hall–Kier alpha value is -0.680. The van der Waals surface area contributed by atoms with E-state index in [1.807, 2.05) is 0 Å². The number of benzene rings is 1. The minimum absolute atomic E-state index is 0. The lowest BCUT2D eigenvalue weighted by molar-refractivity contribution is 0.425. The molecule has 5 heteroatoms. The third-order valence-electron chi connectivity index (χ3n) is 1.53. The third-order valence-corrected chi connectivity index (χ3v) is 1.53. The summed E-state index contributed by atoms with van der Waals surface area (Å²) in [4.78, 5) is 0. The van der Waals surface area contributed by atoms with Crippen LogP contribution in [0.3, 0.4) is 0 Å². The highest BCUT2D eigenvalue weighted by Gasteiger charge is 2.07. The van der Waals surface area contributed by atoms with E-state index in [1.165, 1.54) is 0 Å². The first-order chi connectivity index (χ1) is 5.65. The molecule has 0 radical (unpaired) electrons. The predicted octanol–water partition coefficient (Wildman–Crippen LogP) is 1.75. The van der Waals surface area contributed by atoms with Gasteiger partial charge in [0.2, 0.25) is 0 Å². The number of aromatic hydroxyl groups is 1. The van der Waals surface area contributed by atoms with Gasteiger partial charge in [-0.15, -0.1) is 17.0 Å². The molecule has 13 heavy (non-hydrogen) atoms. The van der Waals surface area contributed by atoms with Crippen molar-refractivity contribution in [2.24, 2.45) is 5.73 Å². The first-order valence-corrected chi connectivity index (χ1v) is 3.52. The van der Waals surface area contributed by atoms with Crippen LogP contribution in [0.1, 0.15) is 5.56 Å². The molecule has 0 spiro atoms. The van der Waals surface area contributed by atoms with Crippen molar-refractivity contribution in [2.45, 2.75) is 6.42 Å². The summed E-state index contributed by atoms with van der Waals surface area (Å²) in [6.07, 6.45) is 0.267. The summed E-state index contributed by atoms with van der Waals surface area (Å²) in [5.41, 5.74) is 5.35. The molecule has 0 aromatic heterocycles. The number of halogens is 3. The van der Waals surface area contributed by atoms with Gasteiger partial charge in [0.05, 0.1) is 0 Å². The van der Waals surface area contributed by atoms with Crippen LogP contribution in [0.15, 0.2) is 12.1 Å². The van der Waals surface area contributed by atoms with Crippen molar-refractivity contribution in [3.05, 3.63) is 29.3 Å². The number of phenols is 1. The molecule has 0 aliphatic rings. The van der Waals surface area contributed by atoms with Crippen molar-refractivity contribution >= 4 is 17.0 Å². The van der Waals surface area contributed by atoms with Crippen molar-refractivity contribution in [3.8, 4) is 5.75 Å². The second-order valence-corrected chi connectivity index (χ2v) is 2.43. The van der Waals surface area contributed by atoms with Crippen LogP contribution in [0, 0.1) is 11.6 Å². The van der Waals surface area contributed by atoms with Gasteiger partial charge in [-0.3, -0.25) is 0 Å². The van der Waals surface area contributed by atoms with E-state index in [2.05, 4.69) is 0 Å². The van der Waals surface area contributed by atoms with Crippen molar-refractivity contribution in [1.82, 2.24) is 0 Å². The van der Waals surface area contributed by atoms with E-state index >= 15 is 0 Å². The quantitative estimate of drug-likeness (QED) is 0.844. The maximum Gasteiger partial charge on any atom is 0.165 e.